The molecule has 2 amide bonds. The Bertz CT molecular complexity index is 402. The highest BCUT2D eigenvalue weighted by molar-refractivity contribution is 5.85. The standard InChI is InChI=1S/C15H22N2O2/c1-12(2)15(19)17-11-14(18)16-10-6-9-13-7-4-3-5-8-13/h3-5,7-8,12H,6,9-11H2,1-2H3,(H,16,18)(H,17,19). The Morgan fingerprint density at radius 3 is 2.42 bits per heavy atom. The fraction of sp³-hybridized carbons (Fsp3) is 0.467. The second-order valence-electron chi connectivity index (χ2n) is 4.81. The summed E-state index contributed by atoms with van der Waals surface area (Å²) in [4.78, 5) is 22.7. The number of amides is 2. The van der Waals surface area contributed by atoms with Crippen molar-refractivity contribution in [3.63, 3.8) is 0 Å². The molecule has 0 aliphatic carbocycles. The minimum absolute atomic E-state index is 0.0579. The minimum Gasteiger partial charge on any atom is -0.355 e. The third kappa shape index (κ3) is 6.60. The van der Waals surface area contributed by atoms with Gasteiger partial charge in [-0.05, 0) is 18.4 Å². The van der Waals surface area contributed by atoms with Crippen molar-refractivity contribution in [3.05, 3.63) is 35.9 Å². The van der Waals surface area contributed by atoms with Crippen molar-refractivity contribution in [2.75, 3.05) is 13.1 Å². The van der Waals surface area contributed by atoms with E-state index in [1.807, 2.05) is 18.2 Å². The Kier molecular flexibility index (Phi) is 6.64. The maximum absolute atomic E-state index is 11.5. The van der Waals surface area contributed by atoms with E-state index in [1.54, 1.807) is 13.8 Å². The van der Waals surface area contributed by atoms with Crippen LogP contribution in [0.1, 0.15) is 25.8 Å². The fourth-order valence-corrected chi connectivity index (χ4v) is 1.60. The molecule has 0 atom stereocenters. The van der Waals surface area contributed by atoms with Crippen LogP contribution in [0.4, 0.5) is 0 Å². The quantitative estimate of drug-likeness (QED) is 0.732. The molecule has 1 aromatic rings. The molecule has 4 heteroatoms. The number of aryl methyl sites for hydroxylation is 1. The highest BCUT2D eigenvalue weighted by atomic mass is 16.2. The van der Waals surface area contributed by atoms with Crippen LogP contribution in [0.5, 0.6) is 0 Å². The van der Waals surface area contributed by atoms with Gasteiger partial charge in [-0.25, -0.2) is 0 Å². The van der Waals surface area contributed by atoms with Gasteiger partial charge in [0, 0.05) is 12.5 Å². The van der Waals surface area contributed by atoms with Crippen molar-refractivity contribution in [3.8, 4) is 0 Å². The van der Waals surface area contributed by atoms with E-state index >= 15 is 0 Å². The van der Waals surface area contributed by atoms with Crippen LogP contribution < -0.4 is 10.6 Å². The van der Waals surface area contributed by atoms with Crippen molar-refractivity contribution in [1.82, 2.24) is 10.6 Å². The van der Waals surface area contributed by atoms with Crippen LogP contribution in [0.25, 0.3) is 0 Å². The lowest BCUT2D eigenvalue weighted by molar-refractivity contribution is -0.127. The van der Waals surface area contributed by atoms with E-state index in [9.17, 15) is 9.59 Å². The minimum atomic E-state index is -0.137. The van der Waals surface area contributed by atoms with Gasteiger partial charge in [0.05, 0.1) is 6.54 Å². The van der Waals surface area contributed by atoms with Crippen molar-refractivity contribution in [2.24, 2.45) is 5.92 Å². The summed E-state index contributed by atoms with van der Waals surface area (Å²) >= 11 is 0. The highest BCUT2D eigenvalue weighted by Crippen LogP contribution is 2.01. The molecule has 0 unspecified atom stereocenters. The van der Waals surface area contributed by atoms with Gasteiger partial charge in [0.2, 0.25) is 11.8 Å². The summed E-state index contributed by atoms with van der Waals surface area (Å²) in [5.74, 6) is -0.327. The fourth-order valence-electron chi connectivity index (χ4n) is 1.60. The van der Waals surface area contributed by atoms with Crippen molar-refractivity contribution in [1.29, 1.82) is 0 Å². The first-order chi connectivity index (χ1) is 9.09. The first kappa shape index (κ1) is 15.2. The number of hydrogen-bond donors (Lipinski definition) is 2. The van der Waals surface area contributed by atoms with E-state index in [0.717, 1.165) is 12.8 Å². The van der Waals surface area contributed by atoms with Crippen LogP contribution >= 0.6 is 0 Å². The number of hydrogen-bond acceptors (Lipinski definition) is 2. The predicted octanol–water partition coefficient (Wildman–Crippen LogP) is 1.51. The first-order valence-corrected chi connectivity index (χ1v) is 6.68. The molecule has 2 N–H and O–H groups in total. The monoisotopic (exact) mass is 262 g/mol. The summed E-state index contributed by atoms with van der Waals surface area (Å²) in [5.41, 5.74) is 1.27. The third-order valence-electron chi connectivity index (χ3n) is 2.75. The Labute approximate surface area is 114 Å². The largest absolute Gasteiger partial charge is 0.355 e. The molecule has 0 aromatic heterocycles. The molecule has 0 spiro atoms. The predicted molar refractivity (Wildman–Crippen MR) is 75.6 cm³/mol. The van der Waals surface area contributed by atoms with Gasteiger partial charge in [-0.2, -0.15) is 0 Å². The lowest BCUT2D eigenvalue weighted by atomic mass is 10.1. The molecule has 1 rings (SSSR count). The lowest BCUT2D eigenvalue weighted by Crippen LogP contribution is -2.38. The van der Waals surface area contributed by atoms with E-state index in [0.29, 0.717) is 6.54 Å². The van der Waals surface area contributed by atoms with Crippen LogP contribution in [0, 0.1) is 5.92 Å². The summed E-state index contributed by atoms with van der Waals surface area (Å²) in [6, 6.07) is 10.2. The van der Waals surface area contributed by atoms with Gasteiger partial charge in [-0.15, -0.1) is 0 Å². The van der Waals surface area contributed by atoms with E-state index in [-0.39, 0.29) is 24.3 Å². The number of rotatable bonds is 7. The number of benzene rings is 1. The van der Waals surface area contributed by atoms with Gasteiger partial charge in [0.15, 0.2) is 0 Å². The normalized spacial score (nSPS) is 10.3. The molecular formula is C15H22N2O2. The summed E-state index contributed by atoms with van der Waals surface area (Å²) in [5, 5.41) is 5.38. The van der Waals surface area contributed by atoms with E-state index in [1.165, 1.54) is 5.56 Å². The van der Waals surface area contributed by atoms with Crippen molar-refractivity contribution < 1.29 is 9.59 Å². The van der Waals surface area contributed by atoms with Crippen LogP contribution in [0.3, 0.4) is 0 Å². The Hall–Kier alpha value is -1.84. The lowest BCUT2D eigenvalue weighted by Gasteiger charge is -2.08. The van der Waals surface area contributed by atoms with Gasteiger partial charge in [0.25, 0.3) is 0 Å². The van der Waals surface area contributed by atoms with Crippen molar-refractivity contribution >= 4 is 11.8 Å². The molecule has 0 saturated heterocycles. The Balaban J connectivity index is 2.09. The summed E-state index contributed by atoms with van der Waals surface area (Å²) < 4.78 is 0. The molecule has 0 aliphatic heterocycles. The molecular weight excluding hydrogens is 240 g/mol. The van der Waals surface area contributed by atoms with Gasteiger partial charge >= 0.3 is 0 Å². The molecule has 1 aromatic carbocycles. The zero-order chi connectivity index (χ0) is 14.1. The third-order valence-corrected chi connectivity index (χ3v) is 2.75. The van der Waals surface area contributed by atoms with Crippen molar-refractivity contribution in [2.45, 2.75) is 26.7 Å². The smallest absolute Gasteiger partial charge is 0.239 e. The summed E-state index contributed by atoms with van der Waals surface area (Å²) in [6.45, 7) is 4.29. The maximum Gasteiger partial charge on any atom is 0.239 e. The maximum atomic E-state index is 11.5. The average Bonchev–Trinajstić information content (AvgIpc) is 2.42. The molecule has 0 aliphatic rings. The molecule has 0 bridgehead atoms. The number of carbonyl (C=O) groups is 2. The van der Waals surface area contributed by atoms with Gasteiger partial charge in [0.1, 0.15) is 0 Å². The summed E-state index contributed by atoms with van der Waals surface area (Å²) in [6.07, 6.45) is 1.84. The Morgan fingerprint density at radius 1 is 1.11 bits per heavy atom. The zero-order valence-corrected chi connectivity index (χ0v) is 11.6. The second kappa shape index (κ2) is 8.29. The zero-order valence-electron chi connectivity index (χ0n) is 11.6. The van der Waals surface area contributed by atoms with Crippen LogP contribution in [0.2, 0.25) is 0 Å². The Morgan fingerprint density at radius 2 is 1.79 bits per heavy atom. The molecule has 0 saturated carbocycles. The van der Waals surface area contributed by atoms with Gasteiger partial charge in [-0.1, -0.05) is 44.2 Å². The van der Waals surface area contributed by atoms with Crippen LogP contribution in [-0.2, 0) is 16.0 Å². The molecule has 4 nitrogen and oxygen atoms in total. The molecule has 104 valence electrons. The van der Waals surface area contributed by atoms with E-state index < -0.39 is 0 Å². The van der Waals surface area contributed by atoms with Crippen LogP contribution in [-0.4, -0.2) is 24.9 Å². The molecule has 0 heterocycles. The first-order valence-electron chi connectivity index (χ1n) is 6.68. The summed E-state index contributed by atoms with van der Waals surface area (Å²) in [7, 11) is 0. The average molecular weight is 262 g/mol. The highest BCUT2D eigenvalue weighted by Gasteiger charge is 2.08. The van der Waals surface area contributed by atoms with E-state index in [4.69, 9.17) is 0 Å². The molecule has 19 heavy (non-hydrogen) atoms. The molecule has 0 fully saturated rings. The van der Waals surface area contributed by atoms with E-state index in [2.05, 4.69) is 22.8 Å². The van der Waals surface area contributed by atoms with Gasteiger partial charge in [-0.3, -0.25) is 9.59 Å². The number of nitrogens with one attached hydrogen (secondary N) is 2. The second-order valence-corrected chi connectivity index (χ2v) is 4.81. The number of carbonyl (C=O) groups excluding carboxylic acids is 2. The topological polar surface area (TPSA) is 58.2 Å². The van der Waals surface area contributed by atoms with Gasteiger partial charge < -0.3 is 10.6 Å². The van der Waals surface area contributed by atoms with Crippen LogP contribution in [0.15, 0.2) is 30.3 Å². The molecule has 0 radical (unpaired) electrons. The SMILES string of the molecule is CC(C)C(=O)NCC(=O)NCCCc1ccccc1.